The van der Waals surface area contributed by atoms with Crippen molar-refractivity contribution in [3.63, 3.8) is 0 Å². The highest BCUT2D eigenvalue weighted by Crippen LogP contribution is 2.14. The zero-order chi connectivity index (χ0) is 13.5. The van der Waals surface area contributed by atoms with Crippen molar-refractivity contribution in [3.05, 3.63) is 40.3 Å². The molecule has 98 valence electrons. The van der Waals surface area contributed by atoms with E-state index in [9.17, 15) is 4.79 Å². The molecule has 2 rings (SSSR count). The van der Waals surface area contributed by atoms with E-state index in [1.807, 2.05) is 12.1 Å². The zero-order valence-electron chi connectivity index (χ0n) is 10.3. The van der Waals surface area contributed by atoms with E-state index in [0.29, 0.717) is 13.1 Å². The van der Waals surface area contributed by atoms with Crippen LogP contribution in [0.4, 0.5) is 0 Å². The predicted octanol–water partition coefficient (Wildman–Crippen LogP) is 0.571. The van der Waals surface area contributed by atoms with Crippen molar-refractivity contribution in [3.8, 4) is 11.8 Å². The summed E-state index contributed by atoms with van der Waals surface area (Å²) in [6.07, 6.45) is 3.40. The maximum absolute atomic E-state index is 11.7. The molecule has 19 heavy (non-hydrogen) atoms. The average molecular weight is 274 g/mol. The summed E-state index contributed by atoms with van der Waals surface area (Å²) in [4.78, 5) is 13.7. The third-order valence-corrected chi connectivity index (χ3v) is 3.30. The second-order valence-electron chi connectivity index (χ2n) is 3.75. The van der Waals surface area contributed by atoms with E-state index < -0.39 is 0 Å². The monoisotopic (exact) mass is 274 g/mol. The number of carbonyl (C=O) groups is 1. The van der Waals surface area contributed by atoms with Gasteiger partial charge in [-0.05, 0) is 18.2 Å². The minimum atomic E-state index is -0.0632. The normalized spacial score (nSPS) is 9.74. The molecule has 0 fully saturated rings. The Morgan fingerprint density at radius 3 is 3.16 bits per heavy atom. The van der Waals surface area contributed by atoms with Gasteiger partial charge in [-0.1, -0.05) is 11.8 Å². The van der Waals surface area contributed by atoms with Gasteiger partial charge in [0.25, 0.3) is 0 Å². The van der Waals surface area contributed by atoms with Crippen LogP contribution in [-0.2, 0) is 17.9 Å². The molecule has 3 N–H and O–H groups in total. The van der Waals surface area contributed by atoms with Gasteiger partial charge in [0.1, 0.15) is 6.54 Å². The number of rotatable bonds is 4. The highest BCUT2D eigenvalue weighted by atomic mass is 32.1. The minimum Gasteiger partial charge on any atom is -0.350 e. The highest BCUT2D eigenvalue weighted by Gasteiger charge is 2.04. The number of hydrogen-bond acceptors (Lipinski definition) is 4. The molecular weight excluding hydrogens is 260 g/mol. The van der Waals surface area contributed by atoms with Crippen LogP contribution in [0.15, 0.2) is 30.6 Å². The van der Waals surface area contributed by atoms with Gasteiger partial charge in [0, 0.05) is 17.3 Å². The van der Waals surface area contributed by atoms with E-state index in [4.69, 9.17) is 5.73 Å². The van der Waals surface area contributed by atoms with Crippen LogP contribution in [0.1, 0.15) is 9.75 Å². The molecule has 0 saturated carbocycles. The van der Waals surface area contributed by atoms with Gasteiger partial charge in [0.15, 0.2) is 0 Å². The molecule has 2 aromatic heterocycles. The van der Waals surface area contributed by atoms with Crippen molar-refractivity contribution in [1.29, 1.82) is 0 Å². The molecule has 0 radical (unpaired) electrons. The molecule has 5 nitrogen and oxygen atoms in total. The van der Waals surface area contributed by atoms with Gasteiger partial charge in [0.05, 0.1) is 18.0 Å². The van der Waals surface area contributed by atoms with E-state index in [1.165, 1.54) is 0 Å². The van der Waals surface area contributed by atoms with E-state index in [2.05, 4.69) is 22.3 Å². The summed E-state index contributed by atoms with van der Waals surface area (Å²) < 4.78 is 1.59. The predicted molar refractivity (Wildman–Crippen MR) is 74.3 cm³/mol. The van der Waals surface area contributed by atoms with E-state index in [0.717, 1.165) is 9.75 Å². The number of hydrogen-bond donors (Lipinski definition) is 2. The molecule has 1 amide bonds. The number of nitrogens with one attached hydrogen (secondary N) is 1. The Balaban J connectivity index is 1.81. The van der Waals surface area contributed by atoms with Crippen molar-refractivity contribution in [2.24, 2.45) is 5.73 Å². The van der Waals surface area contributed by atoms with Gasteiger partial charge in [-0.2, -0.15) is 5.10 Å². The molecule has 0 bridgehead atoms. The maximum Gasteiger partial charge on any atom is 0.242 e. The lowest BCUT2D eigenvalue weighted by molar-refractivity contribution is -0.122. The zero-order valence-corrected chi connectivity index (χ0v) is 11.1. The van der Waals surface area contributed by atoms with Crippen LogP contribution in [0.5, 0.6) is 0 Å². The summed E-state index contributed by atoms with van der Waals surface area (Å²) in [7, 11) is 0. The molecule has 0 aliphatic carbocycles. The maximum atomic E-state index is 11.7. The Morgan fingerprint density at radius 1 is 1.53 bits per heavy atom. The van der Waals surface area contributed by atoms with Crippen molar-refractivity contribution >= 4 is 17.2 Å². The van der Waals surface area contributed by atoms with Crippen LogP contribution in [0.2, 0.25) is 0 Å². The van der Waals surface area contributed by atoms with E-state index in [1.54, 1.807) is 34.5 Å². The van der Waals surface area contributed by atoms with Crippen molar-refractivity contribution < 1.29 is 4.79 Å². The molecule has 0 aliphatic heterocycles. The quantitative estimate of drug-likeness (QED) is 0.801. The number of nitrogens with zero attached hydrogens (tertiary/aromatic N) is 2. The van der Waals surface area contributed by atoms with Crippen LogP contribution >= 0.6 is 11.3 Å². The average Bonchev–Trinajstić information content (AvgIpc) is 3.05. The summed E-state index contributed by atoms with van der Waals surface area (Å²) in [5, 5.41) is 6.82. The van der Waals surface area contributed by atoms with Crippen molar-refractivity contribution in [2.45, 2.75) is 13.1 Å². The lowest BCUT2D eigenvalue weighted by Crippen LogP contribution is -2.26. The smallest absolute Gasteiger partial charge is 0.242 e. The minimum absolute atomic E-state index is 0.0632. The van der Waals surface area contributed by atoms with E-state index in [-0.39, 0.29) is 12.5 Å². The SMILES string of the molecule is NCC#Cc1ccc(CNC(=O)Cn2cccn2)s1. The molecule has 0 aromatic carbocycles. The standard InChI is InChI=1S/C13H14N4OS/c14-6-1-3-11-4-5-12(19-11)9-15-13(18)10-17-8-2-7-16-17/h2,4-5,7-8H,6,9-10,14H2,(H,15,18). The first-order valence-corrected chi connectivity index (χ1v) is 6.61. The first kappa shape index (κ1) is 13.3. The van der Waals surface area contributed by atoms with Gasteiger partial charge in [0.2, 0.25) is 5.91 Å². The summed E-state index contributed by atoms with van der Waals surface area (Å²) in [6.45, 7) is 1.10. The number of amides is 1. The number of nitrogens with two attached hydrogens (primary N) is 1. The Morgan fingerprint density at radius 2 is 2.42 bits per heavy atom. The summed E-state index contributed by atoms with van der Waals surface area (Å²) in [5.74, 6) is 5.70. The lowest BCUT2D eigenvalue weighted by Gasteiger charge is -2.03. The van der Waals surface area contributed by atoms with Crippen LogP contribution in [0.25, 0.3) is 0 Å². The number of carbonyl (C=O) groups excluding carboxylic acids is 1. The fraction of sp³-hybridized carbons (Fsp3) is 0.231. The second-order valence-corrected chi connectivity index (χ2v) is 4.92. The Hall–Kier alpha value is -2.10. The Labute approximate surface area is 115 Å². The third kappa shape index (κ3) is 4.25. The van der Waals surface area contributed by atoms with Crippen LogP contribution < -0.4 is 11.1 Å². The van der Waals surface area contributed by atoms with E-state index >= 15 is 0 Å². The molecule has 6 heteroatoms. The van der Waals surface area contributed by atoms with Gasteiger partial charge < -0.3 is 11.1 Å². The largest absolute Gasteiger partial charge is 0.350 e. The van der Waals surface area contributed by atoms with Crippen molar-refractivity contribution in [2.75, 3.05) is 6.54 Å². The Kier molecular flexibility index (Phi) is 4.72. The third-order valence-electron chi connectivity index (χ3n) is 2.30. The van der Waals surface area contributed by atoms with Gasteiger partial charge >= 0.3 is 0 Å². The molecule has 2 heterocycles. The molecule has 0 aliphatic rings. The van der Waals surface area contributed by atoms with Crippen LogP contribution in [0, 0.1) is 11.8 Å². The molecule has 2 aromatic rings. The highest BCUT2D eigenvalue weighted by molar-refractivity contribution is 7.12. The summed E-state index contributed by atoms with van der Waals surface area (Å²) in [5.41, 5.74) is 5.31. The van der Waals surface area contributed by atoms with Gasteiger partial charge in [-0.3, -0.25) is 9.48 Å². The van der Waals surface area contributed by atoms with Crippen LogP contribution in [-0.4, -0.2) is 22.2 Å². The molecule has 0 unspecified atom stereocenters. The van der Waals surface area contributed by atoms with Gasteiger partial charge in [-0.25, -0.2) is 0 Å². The lowest BCUT2D eigenvalue weighted by atomic mass is 10.4. The van der Waals surface area contributed by atoms with Gasteiger partial charge in [-0.15, -0.1) is 11.3 Å². The van der Waals surface area contributed by atoms with Crippen LogP contribution in [0.3, 0.4) is 0 Å². The second kappa shape index (κ2) is 6.73. The Bertz CT molecular complexity index is 592. The topological polar surface area (TPSA) is 72.9 Å². The summed E-state index contributed by atoms with van der Waals surface area (Å²) in [6, 6.07) is 5.68. The number of aromatic nitrogens is 2. The fourth-order valence-corrected chi connectivity index (χ4v) is 2.28. The molecule has 0 saturated heterocycles. The first-order valence-electron chi connectivity index (χ1n) is 5.79. The number of thiophene rings is 1. The molecular formula is C13H14N4OS. The summed E-state index contributed by atoms with van der Waals surface area (Å²) >= 11 is 1.56. The molecule has 0 spiro atoms. The fourth-order valence-electron chi connectivity index (χ4n) is 1.46. The van der Waals surface area contributed by atoms with Crippen molar-refractivity contribution in [1.82, 2.24) is 15.1 Å². The molecule has 0 atom stereocenters. The first-order chi connectivity index (χ1) is 9.28.